The number of nitrogens with zero attached hydrogens (tertiary/aromatic N) is 2. The molecule has 0 saturated heterocycles. The summed E-state index contributed by atoms with van der Waals surface area (Å²) in [6.45, 7) is 2.87. The Bertz CT molecular complexity index is 649. The fourth-order valence-electron chi connectivity index (χ4n) is 1.58. The number of anilines is 1. The third-order valence-electron chi connectivity index (χ3n) is 2.31. The lowest BCUT2D eigenvalue weighted by Gasteiger charge is -2.07. The van der Waals surface area contributed by atoms with Crippen molar-refractivity contribution in [3.63, 3.8) is 0 Å². The fourth-order valence-corrected chi connectivity index (χ4v) is 2.96. The van der Waals surface area contributed by atoms with Crippen molar-refractivity contribution in [2.45, 2.75) is 19.1 Å². The number of nitrogens with one attached hydrogen (secondary N) is 1. The van der Waals surface area contributed by atoms with Gasteiger partial charge < -0.3 is 5.32 Å². The van der Waals surface area contributed by atoms with Crippen LogP contribution in [-0.4, -0.2) is 31.2 Å². The van der Waals surface area contributed by atoms with Crippen molar-refractivity contribution in [3.8, 4) is 0 Å². The first-order valence-electron chi connectivity index (χ1n) is 5.65. The van der Waals surface area contributed by atoms with E-state index >= 15 is 0 Å². The molecule has 1 N–H and O–H groups in total. The largest absolute Gasteiger partial charge is 0.369 e. The zero-order valence-corrected chi connectivity index (χ0v) is 11.9. The Hall–Kier alpha value is -1.21. The second-order valence-corrected chi connectivity index (χ2v) is 7.16. The fraction of sp³-hybridized carbons (Fsp3) is 0.455. The van der Waals surface area contributed by atoms with Gasteiger partial charge in [0, 0.05) is 12.8 Å². The summed E-state index contributed by atoms with van der Waals surface area (Å²) in [7, 11) is -3.11. The molecule has 0 atom stereocenters. The van der Waals surface area contributed by atoms with E-state index in [9.17, 15) is 8.42 Å². The van der Waals surface area contributed by atoms with Gasteiger partial charge in [-0.3, -0.25) is 0 Å². The first-order chi connectivity index (χ1) is 8.49. The molecular weight excluding hydrogens is 270 g/mol. The molecule has 7 heteroatoms. The summed E-state index contributed by atoms with van der Waals surface area (Å²) in [4.78, 5) is 9.40. The Morgan fingerprint density at radius 2 is 2.17 bits per heavy atom. The molecule has 0 aliphatic heterocycles. The summed E-state index contributed by atoms with van der Waals surface area (Å²) in [6.07, 6.45) is 2.17. The highest BCUT2D eigenvalue weighted by atomic mass is 32.2. The summed E-state index contributed by atoms with van der Waals surface area (Å²) in [6, 6.07) is 1.95. The molecule has 0 saturated carbocycles. The predicted molar refractivity (Wildman–Crippen MR) is 74.7 cm³/mol. The highest BCUT2D eigenvalue weighted by molar-refractivity contribution is 7.89. The average Bonchev–Trinajstić information content (AvgIpc) is 2.71. The van der Waals surface area contributed by atoms with E-state index in [0.29, 0.717) is 5.82 Å². The van der Waals surface area contributed by atoms with E-state index in [-0.39, 0.29) is 5.75 Å². The molecular formula is C11H15N3O2S2. The van der Waals surface area contributed by atoms with Crippen molar-refractivity contribution in [2.75, 3.05) is 18.1 Å². The van der Waals surface area contributed by atoms with Crippen LogP contribution in [0.1, 0.15) is 19.2 Å². The van der Waals surface area contributed by atoms with Gasteiger partial charge in [-0.05, 0) is 17.9 Å². The van der Waals surface area contributed by atoms with Crippen LogP contribution in [0.25, 0.3) is 10.2 Å². The first-order valence-corrected chi connectivity index (χ1v) is 8.59. The molecule has 0 aliphatic rings. The van der Waals surface area contributed by atoms with Crippen LogP contribution >= 0.6 is 11.3 Å². The van der Waals surface area contributed by atoms with Crippen molar-refractivity contribution in [3.05, 3.63) is 17.3 Å². The smallest absolute Gasteiger partial charge is 0.154 e. The number of hydrogen-bond donors (Lipinski definition) is 1. The summed E-state index contributed by atoms with van der Waals surface area (Å²) in [5.74, 6) is 0.953. The Morgan fingerprint density at radius 1 is 1.39 bits per heavy atom. The quantitative estimate of drug-likeness (QED) is 0.910. The molecule has 2 heterocycles. The maximum atomic E-state index is 11.3. The standard InChI is InChI=1S/C11H15N3O2S2/c1-3-5-12-10-8-4-6-17-11(8)14-9(13-10)7-18(2,15)16/h4,6H,3,5,7H2,1-2H3,(H,12,13,14). The molecule has 2 rings (SSSR count). The number of aromatic nitrogens is 2. The minimum atomic E-state index is -3.11. The molecule has 98 valence electrons. The number of rotatable bonds is 5. The van der Waals surface area contributed by atoms with E-state index in [1.165, 1.54) is 17.6 Å². The van der Waals surface area contributed by atoms with Crippen LogP contribution in [0.2, 0.25) is 0 Å². The van der Waals surface area contributed by atoms with Gasteiger partial charge in [0.25, 0.3) is 0 Å². The number of fused-ring (bicyclic) bond motifs is 1. The molecule has 0 aromatic carbocycles. The van der Waals surface area contributed by atoms with E-state index in [0.717, 1.165) is 29.0 Å². The lowest BCUT2D eigenvalue weighted by atomic mass is 10.3. The normalized spacial score (nSPS) is 11.9. The number of hydrogen-bond acceptors (Lipinski definition) is 6. The van der Waals surface area contributed by atoms with Crippen molar-refractivity contribution in [1.29, 1.82) is 0 Å². The van der Waals surface area contributed by atoms with Gasteiger partial charge in [0.05, 0.1) is 5.39 Å². The van der Waals surface area contributed by atoms with Crippen molar-refractivity contribution in [1.82, 2.24) is 9.97 Å². The van der Waals surface area contributed by atoms with Gasteiger partial charge in [-0.25, -0.2) is 18.4 Å². The van der Waals surface area contributed by atoms with Gasteiger partial charge in [-0.15, -0.1) is 11.3 Å². The minimum absolute atomic E-state index is 0.123. The molecule has 2 aromatic heterocycles. The molecule has 0 radical (unpaired) electrons. The molecule has 0 spiro atoms. The van der Waals surface area contributed by atoms with Crippen LogP contribution in [-0.2, 0) is 15.6 Å². The Balaban J connectivity index is 2.43. The highest BCUT2D eigenvalue weighted by Crippen LogP contribution is 2.25. The molecule has 0 unspecified atom stereocenters. The van der Waals surface area contributed by atoms with Crippen LogP contribution in [0.5, 0.6) is 0 Å². The Morgan fingerprint density at radius 3 is 2.83 bits per heavy atom. The lowest BCUT2D eigenvalue weighted by Crippen LogP contribution is -2.09. The van der Waals surface area contributed by atoms with Gasteiger partial charge in [-0.1, -0.05) is 6.92 Å². The van der Waals surface area contributed by atoms with E-state index in [4.69, 9.17) is 0 Å². The van der Waals surface area contributed by atoms with Crippen LogP contribution in [0.15, 0.2) is 11.4 Å². The van der Waals surface area contributed by atoms with Crippen LogP contribution in [0, 0.1) is 0 Å². The zero-order valence-electron chi connectivity index (χ0n) is 10.3. The van der Waals surface area contributed by atoms with E-state index in [1.54, 1.807) is 0 Å². The maximum Gasteiger partial charge on any atom is 0.154 e. The van der Waals surface area contributed by atoms with Gasteiger partial charge in [0.1, 0.15) is 22.2 Å². The van der Waals surface area contributed by atoms with Gasteiger partial charge >= 0.3 is 0 Å². The number of sulfone groups is 1. The van der Waals surface area contributed by atoms with Crippen molar-refractivity contribution >= 4 is 37.2 Å². The lowest BCUT2D eigenvalue weighted by molar-refractivity contribution is 0.600. The van der Waals surface area contributed by atoms with Crippen molar-refractivity contribution < 1.29 is 8.42 Å². The Labute approximate surface area is 110 Å². The summed E-state index contributed by atoms with van der Waals surface area (Å²) in [5.41, 5.74) is 0. The van der Waals surface area contributed by atoms with E-state index in [2.05, 4.69) is 22.2 Å². The van der Waals surface area contributed by atoms with Gasteiger partial charge in [0.2, 0.25) is 0 Å². The Kier molecular flexibility index (Phi) is 3.82. The topological polar surface area (TPSA) is 72.0 Å². The summed E-state index contributed by atoms with van der Waals surface area (Å²) in [5, 5.41) is 6.09. The molecule has 0 bridgehead atoms. The molecule has 2 aromatic rings. The first kappa shape index (κ1) is 13.2. The molecule has 18 heavy (non-hydrogen) atoms. The highest BCUT2D eigenvalue weighted by Gasteiger charge is 2.12. The van der Waals surface area contributed by atoms with E-state index < -0.39 is 9.84 Å². The zero-order chi connectivity index (χ0) is 13.2. The average molecular weight is 285 g/mol. The van der Waals surface area contributed by atoms with Crippen molar-refractivity contribution in [2.24, 2.45) is 0 Å². The van der Waals surface area contributed by atoms with Crippen LogP contribution < -0.4 is 5.32 Å². The SMILES string of the molecule is CCCNc1nc(CS(C)(=O)=O)nc2sccc12. The van der Waals surface area contributed by atoms with E-state index in [1.807, 2.05) is 11.4 Å². The predicted octanol–water partition coefficient (Wildman–Crippen LogP) is 2.06. The second kappa shape index (κ2) is 5.19. The molecule has 0 aliphatic carbocycles. The summed E-state index contributed by atoms with van der Waals surface area (Å²) >= 11 is 1.49. The summed E-state index contributed by atoms with van der Waals surface area (Å²) < 4.78 is 22.6. The van der Waals surface area contributed by atoms with Crippen LogP contribution in [0.3, 0.4) is 0 Å². The third-order valence-corrected chi connectivity index (χ3v) is 3.89. The maximum absolute atomic E-state index is 11.3. The van der Waals surface area contributed by atoms with Gasteiger partial charge in [-0.2, -0.15) is 0 Å². The molecule has 5 nitrogen and oxygen atoms in total. The second-order valence-electron chi connectivity index (χ2n) is 4.12. The minimum Gasteiger partial charge on any atom is -0.369 e. The van der Waals surface area contributed by atoms with Gasteiger partial charge in [0.15, 0.2) is 9.84 Å². The monoisotopic (exact) mass is 285 g/mol. The third kappa shape index (κ3) is 3.17. The molecule has 0 amide bonds. The number of thiophene rings is 1. The van der Waals surface area contributed by atoms with Crippen LogP contribution in [0.4, 0.5) is 5.82 Å². The molecule has 0 fully saturated rings.